The molecule has 7 heteroatoms. The highest BCUT2D eigenvalue weighted by Crippen LogP contribution is 2.25. The maximum absolute atomic E-state index is 11.8. The molecule has 6 nitrogen and oxygen atoms in total. The van der Waals surface area contributed by atoms with E-state index in [1.54, 1.807) is 23.2 Å². The second-order valence-corrected chi connectivity index (χ2v) is 4.26. The van der Waals surface area contributed by atoms with Crippen molar-refractivity contribution < 1.29 is 4.79 Å². The molecule has 1 amide bonds. The number of hydrogen-bond acceptors (Lipinski definition) is 3. The Hall–Kier alpha value is -1.78. The molecule has 1 fully saturated rings. The van der Waals surface area contributed by atoms with E-state index in [0.717, 1.165) is 0 Å². The third kappa shape index (κ3) is 2.67. The van der Waals surface area contributed by atoms with Gasteiger partial charge in [-0.2, -0.15) is 0 Å². The zero-order chi connectivity index (χ0) is 12.3. The van der Waals surface area contributed by atoms with Gasteiger partial charge in [0.2, 0.25) is 5.91 Å². The smallest absolute Gasteiger partial charge is 0.228 e. The molecule has 0 aliphatic carbocycles. The Morgan fingerprint density at radius 3 is 3.24 bits per heavy atom. The molecule has 1 atom stereocenters. The van der Waals surface area contributed by atoms with E-state index < -0.39 is 0 Å². The second kappa shape index (κ2) is 5.03. The molecule has 88 valence electrons. The summed E-state index contributed by atoms with van der Waals surface area (Å²) >= 11 is 5.85. The Morgan fingerprint density at radius 2 is 2.53 bits per heavy atom. The van der Waals surface area contributed by atoms with Crippen molar-refractivity contribution in [2.24, 2.45) is 11.0 Å². The molecule has 0 aromatic carbocycles. The lowest BCUT2D eigenvalue weighted by Gasteiger charge is -2.15. The molecule has 17 heavy (non-hydrogen) atoms. The summed E-state index contributed by atoms with van der Waals surface area (Å²) in [5, 5.41) is 4.03. The summed E-state index contributed by atoms with van der Waals surface area (Å²) in [6.07, 6.45) is 1.94. The van der Waals surface area contributed by atoms with Crippen molar-refractivity contribution in [2.45, 2.75) is 6.42 Å². The molecule has 1 saturated heterocycles. The molecule has 0 N–H and O–H groups in total. The topological polar surface area (TPSA) is 82.0 Å². The fraction of sp³-hybridized carbons (Fsp3) is 0.400. The normalized spacial score (nSPS) is 19.2. The van der Waals surface area contributed by atoms with Gasteiger partial charge < -0.3 is 0 Å². The molecule has 2 heterocycles. The van der Waals surface area contributed by atoms with E-state index >= 15 is 0 Å². The molecule has 1 aromatic rings. The van der Waals surface area contributed by atoms with Crippen LogP contribution in [0.2, 0.25) is 5.02 Å². The summed E-state index contributed by atoms with van der Waals surface area (Å²) in [5.41, 5.74) is 8.24. The molecule has 2 rings (SSSR count). The molecule has 0 saturated carbocycles. The average Bonchev–Trinajstić information content (AvgIpc) is 2.68. The molecule has 1 unspecified atom stereocenters. The molecule has 0 spiro atoms. The van der Waals surface area contributed by atoms with E-state index in [-0.39, 0.29) is 11.8 Å². The number of carbonyl (C=O) groups excluding carboxylic acids is 1. The summed E-state index contributed by atoms with van der Waals surface area (Å²) in [7, 11) is 0. The Balaban J connectivity index is 2.12. The molecule has 0 bridgehead atoms. The van der Waals surface area contributed by atoms with E-state index in [9.17, 15) is 4.79 Å². The van der Waals surface area contributed by atoms with Gasteiger partial charge in [0.15, 0.2) is 0 Å². The first-order valence-electron chi connectivity index (χ1n) is 5.13. The van der Waals surface area contributed by atoms with Gasteiger partial charge in [0.05, 0.1) is 0 Å². The zero-order valence-electron chi connectivity index (χ0n) is 8.95. The largest absolute Gasteiger partial charge is 0.296 e. The lowest BCUT2D eigenvalue weighted by molar-refractivity contribution is -0.117. The minimum Gasteiger partial charge on any atom is -0.296 e. The summed E-state index contributed by atoms with van der Waals surface area (Å²) in [5.74, 6) is 0.586. The van der Waals surface area contributed by atoms with Crippen molar-refractivity contribution in [2.75, 3.05) is 18.0 Å². The van der Waals surface area contributed by atoms with Crippen LogP contribution in [-0.2, 0) is 4.79 Å². The second-order valence-electron chi connectivity index (χ2n) is 3.82. The van der Waals surface area contributed by atoms with Gasteiger partial charge in [0.1, 0.15) is 5.82 Å². The summed E-state index contributed by atoms with van der Waals surface area (Å²) < 4.78 is 0. The van der Waals surface area contributed by atoms with E-state index in [1.807, 2.05) is 0 Å². The predicted molar refractivity (Wildman–Crippen MR) is 63.7 cm³/mol. The molecule has 1 aromatic heterocycles. The first kappa shape index (κ1) is 11.7. The number of azide groups is 1. The summed E-state index contributed by atoms with van der Waals surface area (Å²) in [6.45, 7) is 0.852. The maximum Gasteiger partial charge on any atom is 0.228 e. The Labute approximate surface area is 103 Å². The summed E-state index contributed by atoms with van der Waals surface area (Å²) in [4.78, 5) is 20.1. The monoisotopic (exact) mass is 251 g/mol. The number of anilines is 1. The maximum atomic E-state index is 11.8. The fourth-order valence-corrected chi connectivity index (χ4v) is 1.97. The SMILES string of the molecule is [N-]=[N+]=NCC1CC(=O)N(c2cc(Cl)ccn2)C1. The van der Waals surface area contributed by atoms with Crippen molar-refractivity contribution in [3.63, 3.8) is 0 Å². The Morgan fingerprint density at radius 1 is 1.71 bits per heavy atom. The van der Waals surface area contributed by atoms with Crippen LogP contribution in [0.1, 0.15) is 6.42 Å². The average molecular weight is 252 g/mol. The number of amides is 1. The number of pyridine rings is 1. The highest BCUT2D eigenvalue weighted by Gasteiger charge is 2.30. The standard InChI is InChI=1S/C10H10ClN5O/c11-8-1-2-13-9(4-8)16-6-7(3-10(16)17)5-14-15-12/h1-2,4,7H,3,5-6H2. The Kier molecular flexibility index (Phi) is 3.46. The van der Waals surface area contributed by atoms with Crippen LogP contribution in [0.25, 0.3) is 10.4 Å². The number of halogens is 1. The molecule has 0 radical (unpaired) electrons. The van der Waals surface area contributed by atoms with E-state index in [4.69, 9.17) is 17.1 Å². The van der Waals surface area contributed by atoms with Crippen LogP contribution in [0, 0.1) is 5.92 Å². The highest BCUT2D eigenvalue weighted by atomic mass is 35.5. The van der Waals surface area contributed by atoms with Crippen molar-refractivity contribution in [1.29, 1.82) is 0 Å². The molecule has 1 aliphatic rings. The summed E-state index contributed by atoms with van der Waals surface area (Å²) in [6, 6.07) is 3.30. The first-order chi connectivity index (χ1) is 8.20. The van der Waals surface area contributed by atoms with E-state index in [1.165, 1.54) is 0 Å². The minimum absolute atomic E-state index is 0.0158. The van der Waals surface area contributed by atoms with Crippen molar-refractivity contribution >= 4 is 23.3 Å². The number of aromatic nitrogens is 1. The van der Waals surface area contributed by atoms with Crippen LogP contribution in [0.4, 0.5) is 5.82 Å². The van der Waals surface area contributed by atoms with Gasteiger partial charge in [-0.25, -0.2) is 4.98 Å². The van der Waals surface area contributed by atoms with Crippen LogP contribution in [0.5, 0.6) is 0 Å². The number of nitrogens with zero attached hydrogens (tertiary/aromatic N) is 5. The minimum atomic E-state index is -0.0158. The molecular weight excluding hydrogens is 242 g/mol. The van der Waals surface area contributed by atoms with Crippen LogP contribution in [0.3, 0.4) is 0 Å². The highest BCUT2D eigenvalue weighted by molar-refractivity contribution is 6.30. The van der Waals surface area contributed by atoms with Gasteiger partial charge in [0.25, 0.3) is 0 Å². The van der Waals surface area contributed by atoms with Crippen LogP contribution < -0.4 is 4.90 Å². The van der Waals surface area contributed by atoms with Gasteiger partial charge in [-0.05, 0) is 23.6 Å². The first-order valence-corrected chi connectivity index (χ1v) is 5.51. The van der Waals surface area contributed by atoms with Crippen molar-refractivity contribution in [3.8, 4) is 0 Å². The van der Waals surface area contributed by atoms with Crippen LogP contribution >= 0.6 is 11.6 Å². The zero-order valence-corrected chi connectivity index (χ0v) is 9.71. The van der Waals surface area contributed by atoms with Crippen LogP contribution in [-0.4, -0.2) is 24.0 Å². The lowest BCUT2D eigenvalue weighted by Crippen LogP contribution is -2.25. The fourth-order valence-electron chi connectivity index (χ4n) is 1.82. The third-order valence-electron chi connectivity index (χ3n) is 2.59. The van der Waals surface area contributed by atoms with Gasteiger partial charge in [-0.1, -0.05) is 16.7 Å². The molecular formula is C10H10ClN5O. The lowest BCUT2D eigenvalue weighted by atomic mass is 10.1. The van der Waals surface area contributed by atoms with Gasteiger partial charge in [-0.3, -0.25) is 9.69 Å². The van der Waals surface area contributed by atoms with Crippen LogP contribution in [0.15, 0.2) is 23.4 Å². The van der Waals surface area contributed by atoms with E-state index in [0.29, 0.717) is 30.4 Å². The van der Waals surface area contributed by atoms with Gasteiger partial charge >= 0.3 is 0 Å². The predicted octanol–water partition coefficient (Wildman–Crippen LogP) is 2.40. The van der Waals surface area contributed by atoms with E-state index in [2.05, 4.69) is 15.0 Å². The quantitative estimate of drug-likeness (QED) is 0.469. The van der Waals surface area contributed by atoms with Gasteiger partial charge in [0, 0.05) is 35.6 Å². The van der Waals surface area contributed by atoms with Crippen molar-refractivity contribution in [3.05, 3.63) is 33.8 Å². The number of hydrogen-bond donors (Lipinski definition) is 0. The van der Waals surface area contributed by atoms with Gasteiger partial charge in [-0.15, -0.1) is 0 Å². The Bertz CT molecular complexity index is 485. The molecule has 1 aliphatic heterocycles. The van der Waals surface area contributed by atoms with Crippen molar-refractivity contribution in [1.82, 2.24) is 4.98 Å². The number of carbonyl (C=O) groups is 1. The third-order valence-corrected chi connectivity index (χ3v) is 2.83. The number of rotatable bonds is 3.